The fourth-order valence-corrected chi connectivity index (χ4v) is 1.63. The molecule has 1 aromatic heterocycles. The lowest BCUT2D eigenvalue weighted by Gasteiger charge is -2.08. The number of hydrogen-bond donors (Lipinski definition) is 1. The number of carbonyl (C=O) groups excluding carboxylic acids is 1. The molecule has 98 valence electrons. The van der Waals surface area contributed by atoms with Gasteiger partial charge in [0.05, 0.1) is 11.4 Å². The van der Waals surface area contributed by atoms with Crippen molar-refractivity contribution in [2.24, 2.45) is 5.73 Å². The maximum Gasteiger partial charge on any atom is 0.257 e. The van der Waals surface area contributed by atoms with Crippen LogP contribution in [0.25, 0.3) is 0 Å². The van der Waals surface area contributed by atoms with Gasteiger partial charge >= 0.3 is 0 Å². The third-order valence-corrected chi connectivity index (χ3v) is 2.83. The Labute approximate surface area is 115 Å². The quantitative estimate of drug-likeness (QED) is 0.935. The van der Waals surface area contributed by atoms with Crippen molar-refractivity contribution in [3.63, 3.8) is 0 Å². The van der Waals surface area contributed by atoms with E-state index in [1.165, 1.54) is 0 Å². The Hall–Kier alpha value is -2.14. The Morgan fingerprint density at radius 2 is 1.74 bits per heavy atom. The van der Waals surface area contributed by atoms with Gasteiger partial charge in [-0.3, -0.25) is 4.79 Å². The van der Waals surface area contributed by atoms with Crippen LogP contribution in [0.15, 0.2) is 24.3 Å². The van der Waals surface area contributed by atoms with Crippen molar-refractivity contribution in [3.8, 4) is 11.6 Å². The topological polar surface area (TPSA) is 78.1 Å². The summed E-state index contributed by atoms with van der Waals surface area (Å²) in [7, 11) is 0. The molecule has 0 unspecified atom stereocenters. The van der Waals surface area contributed by atoms with E-state index in [1.807, 2.05) is 13.8 Å². The van der Waals surface area contributed by atoms with E-state index in [2.05, 4.69) is 9.97 Å². The number of ether oxygens (including phenoxy) is 1. The summed E-state index contributed by atoms with van der Waals surface area (Å²) in [6.45, 7) is 3.64. The first kappa shape index (κ1) is 13.3. The van der Waals surface area contributed by atoms with Gasteiger partial charge in [0.15, 0.2) is 5.15 Å². The van der Waals surface area contributed by atoms with Crippen molar-refractivity contribution in [3.05, 3.63) is 46.4 Å². The molecule has 1 aromatic carbocycles. The zero-order valence-corrected chi connectivity index (χ0v) is 11.2. The molecule has 0 aliphatic carbocycles. The van der Waals surface area contributed by atoms with Crippen LogP contribution in [0, 0.1) is 13.8 Å². The zero-order valence-electron chi connectivity index (χ0n) is 10.5. The van der Waals surface area contributed by atoms with E-state index in [-0.39, 0.29) is 11.0 Å². The Bertz CT molecular complexity index is 627. The van der Waals surface area contributed by atoms with Gasteiger partial charge in [-0.05, 0) is 38.1 Å². The lowest BCUT2D eigenvalue weighted by molar-refractivity contribution is 0.100. The van der Waals surface area contributed by atoms with E-state index in [1.54, 1.807) is 24.3 Å². The fraction of sp³-hybridized carbons (Fsp3) is 0.154. The number of benzene rings is 1. The predicted octanol–water partition coefficient (Wildman–Crippen LogP) is 2.64. The molecule has 6 heteroatoms. The highest BCUT2D eigenvalue weighted by Crippen LogP contribution is 2.26. The van der Waals surface area contributed by atoms with Crippen LogP contribution >= 0.6 is 11.6 Å². The van der Waals surface area contributed by atoms with Crippen LogP contribution in [0.4, 0.5) is 0 Å². The number of aromatic nitrogens is 2. The molecule has 0 spiro atoms. The second-order valence-electron chi connectivity index (χ2n) is 3.98. The van der Waals surface area contributed by atoms with Crippen molar-refractivity contribution in [1.82, 2.24) is 9.97 Å². The minimum atomic E-state index is -0.490. The van der Waals surface area contributed by atoms with Crippen LogP contribution in [0.2, 0.25) is 5.15 Å². The molecule has 2 rings (SSSR count). The molecule has 1 heterocycles. The Balaban J connectivity index is 2.26. The molecule has 19 heavy (non-hydrogen) atoms. The monoisotopic (exact) mass is 277 g/mol. The highest BCUT2D eigenvalue weighted by atomic mass is 35.5. The van der Waals surface area contributed by atoms with Gasteiger partial charge in [-0.25, -0.2) is 9.97 Å². The van der Waals surface area contributed by atoms with Crippen molar-refractivity contribution in [1.29, 1.82) is 0 Å². The lowest BCUT2D eigenvalue weighted by Crippen LogP contribution is -2.10. The van der Waals surface area contributed by atoms with E-state index >= 15 is 0 Å². The number of rotatable bonds is 3. The number of aryl methyl sites for hydroxylation is 2. The van der Waals surface area contributed by atoms with Gasteiger partial charge in [0.1, 0.15) is 5.75 Å². The van der Waals surface area contributed by atoms with E-state index in [0.29, 0.717) is 11.3 Å². The van der Waals surface area contributed by atoms with Crippen LogP contribution < -0.4 is 10.5 Å². The predicted molar refractivity (Wildman–Crippen MR) is 71.5 cm³/mol. The van der Waals surface area contributed by atoms with E-state index in [9.17, 15) is 4.79 Å². The van der Waals surface area contributed by atoms with Gasteiger partial charge in [0.2, 0.25) is 5.91 Å². The maximum atomic E-state index is 10.9. The summed E-state index contributed by atoms with van der Waals surface area (Å²) in [6, 6.07) is 6.38. The Morgan fingerprint density at radius 3 is 2.32 bits per heavy atom. The van der Waals surface area contributed by atoms with Crippen LogP contribution in [-0.4, -0.2) is 15.9 Å². The minimum absolute atomic E-state index is 0.196. The second kappa shape index (κ2) is 5.24. The highest BCUT2D eigenvalue weighted by molar-refractivity contribution is 6.30. The highest BCUT2D eigenvalue weighted by Gasteiger charge is 2.09. The number of hydrogen-bond acceptors (Lipinski definition) is 4. The summed E-state index contributed by atoms with van der Waals surface area (Å²) in [5.74, 6) is 0.247. The molecule has 0 saturated carbocycles. The van der Waals surface area contributed by atoms with Gasteiger partial charge in [-0.2, -0.15) is 0 Å². The molecule has 0 saturated heterocycles. The molecule has 0 bridgehead atoms. The van der Waals surface area contributed by atoms with Crippen LogP contribution in [0.3, 0.4) is 0 Å². The van der Waals surface area contributed by atoms with Crippen molar-refractivity contribution in [2.75, 3.05) is 0 Å². The third kappa shape index (κ3) is 3.00. The molecule has 0 aliphatic heterocycles. The molecule has 5 nitrogen and oxygen atoms in total. The lowest BCUT2D eigenvalue weighted by atomic mass is 10.2. The van der Waals surface area contributed by atoms with Gasteiger partial charge in [0.25, 0.3) is 5.88 Å². The molecule has 1 amide bonds. The normalized spacial score (nSPS) is 10.3. The fourth-order valence-electron chi connectivity index (χ4n) is 1.42. The molecule has 2 aromatic rings. The Morgan fingerprint density at radius 1 is 1.16 bits per heavy atom. The summed E-state index contributed by atoms with van der Waals surface area (Å²) in [6.07, 6.45) is 0. The summed E-state index contributed by atoms with van der Waals surface area (Å²) >= 11 is 5.96. The third-order valence-electron chi connectivity index (χ3n) is 2.59. The molecule has 0 fully saturated rings. The molecule has 0 aliphatic rings. The number of amides is 1. The molecular formula is C13H12ClN3O2. The summed E-state index contributed by atoms with van der Waals surface area (Å²) in [4.78, 5) is 19.3. The summed E-state index contributed by atoms with van der Waals surface area (Å²) < 4.78 is 5.52. The number of primary amides is 1. The largest absolute Gasteiger partial charge is 0.436 e. The summed E-state index contributed by atoms with van der Waals surface area (Å²) in [5, 5.41) is 0.196. The van der Waals surface area contributed by atoms with Crippen LogP contribution in [-0.2, 0) is 0 Å². The van der Waals surface area contributed by atoms with E-state index in [4.69, 9.17) is 22.1 Å². The first-order chi connectivity index (χ1) is 8.97. The van der Waals surface area contributed by atoms with Gasteiger partial charge in [0, 0.05) is 5.56 Å². The van der Waals surface area contributed by atoms with Gasteiger partial charge in [-0.1, -0.05) is 11.6 Å². The zero-order chi connectivity index (χ0) is 14.0. The molecule has 0 radical (unpaired) electrons. The number of carbonyl (C=O) groups is 1. The van der Waals surface area contributed by atoms with Gasteiger partial charge < -0.3 is 10.5 Å². The van der Waals surface area contributed by atoms with E-state index < -0.39 is 5.91 Å². The SMILES string of the molecule is Cc1nc(Cl)c(Oc2ccc(C(N)=O)cc2)nc1C. The first-order valence-corrected chi connectivity index (χ1v) is 5.93. The smallest absolute Gasteiger partial charge is 0.257 e. The van der Waals surface area contributed by atoms with Crippen molar-refractivity contribution < 1.29 is 9.53 Å². The number of halogens is 1. The molecule has 2 N–H and O–H groups in total. The van der Waals surface area contributed by atoms with Crippen molar-refractivity contribution >= 4 is 17.5 Å². The van der Waals surface area contributed by atoms with Crippen LogP contribution in [0.1, 0.15) is 21.7 Å². The maximum absolute atomic E-state index is 10.9. The average Bonchev–Trinajstić information content (AvgIpc) is 2.36. The number of nitrogens with zero attached hydrogens (tertiary/aromatic N) is 2. The number of nitrogens with two attached hydrogens (primary N) is 1. The summed E-state index contributed by atoms with van der Waals surface area (Å²) in [5.41, 5.74) is 7.06. The van der Waals surface area contributed by atoms with Crippen LogP contribution in [0.5, 0.6) is 11.6 Å². The van der Waals surface area contributed by atoms with Gasteiger partial charge in [-0.15, -0.1) is 0 Å². The first-order valence-electron chi connectivity index (χ1n) is 5.56. The second-order valence-corrected chi connectivity index (χ2v) is 4.34. The van der Waals surface area contributed by atoms with Crippen molar-refractivity contribution in [2.45, 2.75) is 13.8 Å². The Kier molecular flexibility index (Phi) is 3.66. The minimum Gasteiger partial charge on any atom is -0.436 e. The average molecular weight is 278 g/mol. The standard InChI is InChI=1S/C13H12ClN3O2/c1-7-8(2)17-13(11(14)16-7)19-10-5-3-9(4-6-10)12(15)18/h3-6H,1-2H3,(H2,15,18). The molecule has 0 atom stereocenters. The molecular weight excluding hydrogens is 266 g/mol. The van der Waals surface area contributed by atoms with E-state index in [0.717, 1.165) is 11.4 Å².